The summed E-state index contributed by atoms with van der Waals surface area (Å²) in [6.07, 6.45) is 1.55. The molecule has 130 valence electrons. The summed E-state index contributed by atoms with van der Waals surface area (Å²) in [5, 5.41) is 0.931. The van der Waals surface area contributed by atoms with Crippen LogP contribution in [0.25, 0.3) is 10.9 Å². The van der Waals surface area contributed by atoms with Crippen LogP contribution in [0.15, 0.2) is 30.5 Å². The van der Waals surface area contributed by atoms with E-state index in [2.05, 4.69) is 4.98 Å². The van der Waals surface area contributed by atoms with Gasteiger partial charge in [-0.2, -0.15) is 0 Å². The zero-order valence-corrected chi connectivity index (χ0v) is 14.3. The van der Waals surface area contributed by atoms with E-state index < -0.39 is 6.10 Å². The third kappa shape index (κ3) is 4.91. The molecule has 0 N–H and O–H groups in total. The Labute approximate surface area is 141 Å². The fourth-order valence-electron chi connectivity index (χ4n) is 2.34. The second kappa shape index (κ2) is 9.20. The Bertz CT molecular complexity index is 674. The van der Waals surface area contributed by atoms with E-state index in [1.165, 1.54) is 0 Å². The van der Waals surface area contributed by atoms with Gasteiger partial charge in [0.2, 0.25) is 0 Å². The quantitative estimate of drug-likeness (QED) is 0.519. The molecule has 0 aliphatic heterocycles. The molecular weight excluding hydrogens is 310 g/mol. The zero-order valence-electron chi connectivity index (χ0n) is 14.3. The lowest BCUT2D eigenvalue weighted by Gasteiger charge is -2.15. The molecule has 0 bridgehead atoms. The van der Waals surface area contributed by atoms with Crippen LogP contribution in [0.2, 0.25) is 0 Å². The number of carbonyl (C=O) groups is 1. The summed E-state index contributed by atoms with van der Waals surface area (Å²) in [6, 6.07) is 7.60. The lowest BCUT2D eigenvalue weighted by Crippen LogP contribution is -2.29. The van der Waals surface area contributed by atoms with E-state index >= 15 is 0 Å². The van der Waals surface area contributed by atoms with Gasteiger partial charge in [0.05, 0.1) is 12.1 Å². The molecular formula is C18H23NO5. The summed E-state index contributed by atoms with van der Waals surface area (Å²) in [5.74, 6) is 0.353. The van der Waals surface area contributed by atoms with Gasteiger partial charge in [-0.05, 0) is 43.7 Å². The van der Waals surface area contributed by atoms with Gasteiger partial charge in [-0.1, -0.05) is 0 Å². The van der Waals surface area contributed by atoms with Gasteiger partial charge in [-0.25, -0.2) is 4.79 Å². The van der Waals surface area contributed by atoms with Gasteiger partial charge in [0.1, 0.15) is 5.75 Å². The molecule has 0 fully saturated rings. The highest BCUT2D eigenvalue weighted by Crippen LogP contribution is 2.21. The number of aromatic nitrogens is 1. The molecule has 1 unspecified atom stereocenters. The van der Waals surface area contributed by atoms with Gasteiger partial charge in [0.15, 0.2) is 12.9 Å². The van der Waals surface area contributed by atoms with Crippen LogP contribution in [0.3, 0.4) is 0 Å². The first-order valence-electron chi connectivity index (χ1n) is 7.96. The average molecular weight is 333 g/mol. The smallest absolute Gasteiger partial charge is 0.335 e. The summed E-state index contributed by atoms with van der Waals surface area (Å²) in [7, 11) is 1.57. The molecule has 0 amide bonds. The molecule has 0 saturated heterocycles. The molecule has 0 radical (unpaired) electrons. The van der Waals surface area contributed by atoms with Crippen molar-refractivity contribution in [2.45, 2.75) is 26.4 Å². The number of benzene rings is 1. The fraction of sp³-hybridized carbons (Fsp3) is 0.444. The number of fused-ring (bicyclic) bond motifs is 1. The average Bonchev–Trinajstić information content (AvgIpc) is 2.59. The Morgan fingerprint density at radius 3 is 2.75 bits per heavy atom. The molecule has 0 aliphatic rings. The van der Waals surface area contributed by atoms with Crippen LogP contribution < -0.4 is 4.74 Å². The number of hydrogen-bond acceptors (Lipinski definition) is 6. The number of ether oxygens (including phenoxy) is 4. The molecule has 1 heterocycles. The van der Waals surface area contributed by atoms with Crippen molar-refractivity contribution < 1.29 is 23.7 Å². The van der Waals surface area contributed by atoms with Crippen molar-refractivity contribution >= 4 is 16.9 Å². The number of methoxy groups -OCH3 is 1. The second-order valence-electron chi connectivity index (χ2n) is 5.15. The van der Waals surface area contributed by atoms with E-state index in [1.807, 2.05) is 31.2 Å². The molecule has 0 aliphatic carbocycles. The van der Waals surface area contributed by atoms with E-state index in [-0.39, 0.29) is 12.8 Å². The molecule has 1 atom stereocenters. The molecule has 1 aromatic heterocycles. The number of carbonyl (C=O) groups excluding carboxylic acids is 1. The highest BCUT2D eigenvalue weighted by Gasteiger charge is 2.20. The molecule has 2 aromatic rings. The van der Waals surface area contributed by atoms with Gasteiger partial charge in [-0.15, -0.1) is 0 Å². The van der Waals surface area contributed by atoms with E-state index in [4.69, 9.17) is 18.9 Å². The maximum atomic E-state index is 12.0. The van der Waals surface area contributed by atoms with Crippen LogP contribution in [0.1, 0.15) is 19.4 Å². The molecule has 6 heteroatoms. The number of rotatable bonds is 9. The Hall–Kier alpha value is -2.18. The number of esters is 1. The van der Waals surface area contributed by atoms with Crippen molar-refractivity contribution in [3.63, 3.8) is 0 Å². The van der Waals surface area contributed by atoms with E-state index in [0.29, 0.717) is 25.4 Å². The normalized spacial score (nSPS) is 12.1. The van der Waals surface area contributed by atoms with Crippen molar-refractivity contribution in [1.82, 2.24) is 4.98 Å². The SMILES string of the molecule is CCOC(=O)C(Cc1cnc2ccc(OCOC)cc2c1)OCC. The molecule has 0 saturated carbocycles. The molecule has 1 aromatic carbocycles. The van der Waals surface area contributed by atoms with Gasteiger partial charge in [0, 0.05) is 31.7 Å². The highest BCUT2D eigenvalue weighted by molar-refractivity contribution is 5.81. The monoisotopic (exact) mass is 333 g/mol. The predicted molar refractivity (Wildman–Crippen MR) is 90.0 cm³/mol. The highest BCUT2D eigenvalue weighted by atomic mass is 16.7. The molecule has 24 heavy (non-hydrogen) atoms. The largest absolute Gasteiger partial charge is 0.468 e. The first kappa shape index (κ1) is 18.2. The zero-order chi connectivity index (χ0) is 17.4. The summed E-state index contributed by atoms with van der Waals surface area (Å²) in [6.45, 7) is 4.59. The Balaban J connectivity index is 2.19. The topological polar surface area (TPSA) is 66.9 Å². The van der Waals surface area contributed by atoms with E-state index in [1.54, 1.807) is 20.2 Å². The lowest BCUT2D eigenvalue weighted by molar-refractivity contribution is -0.156. The van der Waals surface area contributed by atoms with Crippen LogP contribution in [0.4, 0.5) is 0 Å². The van der Waals surface area contributed by atoms with Gasteiger partial charge < -0.3 is 18.9 Å². The summed E-state index contributed by atoms with van der Waals surface area (Å²) in [4.78, 5) is 16.4. The summed E-state index contributed by atoms with van der Waals surface area (Å²) >= 11 is 0. The second-order valence-corrected chi connectivity index (χ2v) is 5.15. The Kier molecular flexibility index (Phi) is 6.96. The van der Waals surface area contributed by atoms with Crippen LogP contribution in [0, 0.1) is 0 Å². The third-order valence-corrected chi connectivity index (χ3v) is 3.39. The minimum Gasteiger partial charge on any atom is -0.468 e. The third-order valence-electron chi connectivity index (χ3n) is 3.39. The number of nitrogens with zero attached hydrogens (tertiary/aromatic N) is 1. The maximum absolute atomic E-state index is 12.0. The number of hydrogen-bond donors (Lipinski definition) is 0. The summed E-state index contributed by atoms with van der Waals surface area (Å²) < 4.78 is 20.9. The Morgan fingerprint density at radius 2 is 2.04 bits per heavy atom. The van der Waals surface area contributed by atoms with Gasteiger partial charge in [0.25, 0.3) is 0 Å². The Morgan fingerprint density at radius 1 is 1.21 bits per heavy atom. The van der Waals surface area contributed by atoms with Crippen molar-refractivity contribution in [2.24, 2.45) is 0 Å². The minimum atomic E-state index is -0.623. The first-order chi connectivity index (χ1) is 11.7. The van der Waals surface area contributed by atoms with Crippen LogP contribution >= 0.6 is 0 Å². The van der Waals surface area contributed by atoms with Crippen LogP contribution in [-0.4, -0.2) is 44.2 Å². The van der Waals surface area contributed by atoms with E-state index in [0.717, 1.165) is 16.5 Å². The van der Waals surface area contributed by atoms with Crippen LogP contribution in [-0.2, 0) is 25.4 Å². The maximum Gasteiger partial charge on any atom is 0.335 e. The lowest BCUT2D eigenvalue weighted by atomic mass is 10.1. The van der Waals surface area contributed by atoms with E-state index in [9.17, 15) is 4.79 Å². The van der Waals surface area contributed by atoms with Crippen LogP contribution in [0.5, 0.6) is 5.75 Å². The molecule has 2 rings (SSSR count). The fourth-order valence-corrected chi connectivity index (χ4v) is 2.34. The van der Waals surface area contributed by atoms with Crippen molar-refractivity contribution in [2.75, 3.05) is 27.1 Å². The molecule has 6 nitrogen and oxygen atoms in total. The van der Waals surface area contributed by atoms with Gasteiger partial charge >= 0.3 is 5.97 Å². The standard InChI is InChI=1S/C18H23NO5/c1-4-22-17(18(20)23-5-2)9-13-8-14-10-15(24-12-21-3)6-7-16(14)19-11-13/h6-8,10-11,17H,4-5,9,12H2,1-3H3. The van der Waals surface area contributed by atoms with Crippen molar-refractivity contribution in [1.29, 1.82) is 0 Å². The first-order valence-corrected chi connectivity index (χ1v) is 7.96. The van der Waals surface area contributed by atoms with Gasteiger partial charge in [-0.3, -0.25) is 4.98 Å². The minimum absolute atomic E-state index is 0.188. The molecule has 0 spiro atoms. The van der Waals surface area contributed by atoms with Crippen molar-refractivity contribution in [3.8, 4) is 5.75 Å². The number of pyridine rings is 1. The summed E-state index contributed by atoms with van der Waals surface area (Å²) in [5.41, 5.74) is 1.76. The van der Waals surface area contributed by atoms with Crippen molar-refractivity contribution in [3.05, 3.63) is 36.0 Å². The predicted octanol–water partition coefficient (Wildman–Crippen LogP) is 2.73.